The Hall–Kier alpha value is -4.49. The summed E-state index contributed by atoms with van der Waals surface area (Å²) < 4.78 is 50.5. The summed E-state index contributed by atoms with van der Waals surface area (Å²) >= 11 is 0. The van der Waals surface area contributed by atoms with E-state index in [-0.39, 0.29) is 54.4 Å². The van der Waals surface area contributed by atoms with Gasteiger partial charge in [0.15, 0.2) is 14.5 Å². The summed E-state index contributed by atoms with van der Waals surface area (Å²) in [6, 6.07) is 29.3. The van der Waals surface area contributed by atoms with Crippen molar-refractivity contribution in [3.63, 3.8) is 0 Å². The predicted octanol–water partition coefficient (Wildman–Crippen LogP) is 9.81. The van der Waals surface area contributed by atoms with Crippen molar-refractivity contribution in [2.24, 2.45) is 5.92 Å². The lowest BCUT2D eigenvalue weighted by atomic mass is 9.80. The molecule has 16 heteroatoms. The van der Waals surface area contributed by atoms with Crippen molar-refractivity contribution in [1.29, 1.82) is 5.26 Å². The monoisotopic (exact) mass is 929 g/mol. The Morgan fingerprint density at radius 3 is 1.91 bits per heavy atom. The summed E-state index contributed by atoms with van der Waals surface area (Å²) in [6.07, 6.45) is -1.94. The van der Waals surface area contributed by atoms with Crippen molar-refractivity contribution in [3.05, 3.63) is 118 Å². The molecule has 3 aromatic carbocycles. The van der Waals surface area contributed by atoms with Crippen LogP contribution in [0.2, 0.25) is 18.1 Å². The van der Waals surface area contributed by atoms with Crippen molar-refractivity contribution >= 4 is 28.6 Å². The van der Waals surface area contributed by atoms with Gasteiger partial charge in [-0.15, -0.1) is 0 Å². The van der Waals surface area contributed by atoms with Gasteiger partial charge >= 0.3 is 5.69 Å². The fourth-order valence-corrected chi connectivity index (χ4v) is 10.5. The molecule has 0 bridgehead atoms. The van der Waals surface area contributed by atoms with Crippen molar-refractivity contribution in [1.82, 2.24) is 14.2 Å². The molecule has 65 heavy (non-hydrogen) atoms. The molecule has 1 N–H and O–H groups in total. The summed E-state index contributed by atoms with van der Waals surface area (Å²) in [5.41, 5.74) is 0.635. The molecule has 0 radical (unpaired) electrons. The smallest absolute Gasteiger partial charge is 0.351 e. The van der Waals surface area contributed by atoms with Crippen LogP contribution in [0.5, 0.6) is 11.5 Å². The van der Waals surface area contributed by atoms with E-state index in [9.17, 15) is 14.9 Å². The number of methoxy groups -OCH3 is 2. The highest BCUT2D eigenvalue weighted by atomic mass is 31.2. The number of carbonyl (C=O) groups is 1. The van der Waals surface area contributed by atoms with Crippen molar-refractivity contribution in [3.8, 4) is 17.6 Å². The number of hydrogen-bond acceptors (Lipinski definition) is 12. The van der Waals surface area contributed by atoms with Gasteiger partial charge in [-0.2, -0.15) is 10.2 Å². The third kappa shape index (κ3) is 12.1. The number of amides is 1. The molecule has 5 rings (SSSR count). The van der Waals surface area contributed by atoms with Crippen molar-refractivity contribution in [2.45, 2.75) is 129 Å². The Kier molecular flexibility index (Phi) is 17.7. The van der Waals surface area contributed by atoms with Crippen molar-refractivity contribution < 1.29 is 37.2 Å². The number of nitrogens with zero attached hydrogens (tertiary/aromatic N) is 4. The maximum Gasteiger partial charge on any atom is 0.351 e. The molecule has 14 nitrogen and oxygen atoms in total. The van der Waals surface area contributed by atoms with Crippen LogP contribution < -0.4 is 20.5 Å². The van der Waals surface area contributed by atoms with Crippen molar-refractivity contribution in [2.75, 3.05) is 32.8 Å². The van der Waals surface area contributed by atoms with Gasteiger partial charge in [-0.1, -0.05) is 89.2 Å². The van der Waals surface area contributed by atoms with Crippen LogP contribution in [0, 0.1) is 17.2 Å². The minimum Gasteiger partial charge on any atom is -0.497 e. The van der Waals surface area contributed by atoms with Gasteiger partial charge in [0.2, 0.25) is 5.91 Å². The number of nitriles is 1. The molecular formula is C49H68N5O9PSi. The zero-order valence-electron chi connectivity index (χ0n) is 40.2. The second-order valence-corrected chi connectivity index (χ2v) is 24.6. The van der Waals surface area contributed by atoms with E-state index < -0.39 is 52.7 Å². The van der Waals surface area contributed by atoms with Crippen LogP contribution in [0.25, 0.3) is 0 Å². The Morgan fingerprint density at radius 2 is 1.43 bits per heavy atom. The molecular weight excluding hydrogens is 862 g/mol. The number of carbonyl (C=O) groups excluding carboxylic acids is 1. The molecule has 1 amide bonds. The summed E-state index contributed by atoms with van der Waals surface area (Å²) in [5, 5.41) is 12.1. The van der Waals surface area contributed by atoms with E-state index in [0.29, 0.717) is 11.5 Å². The number of aromatic nitrogens is 2. The highest BCUT2D eigenvalue weighted by Gasteiger charge is 2.54. The van der Waals surface area contributed by atoms with E-state index in [1.165, 1.54) is 4.57 Å². The van der Waals surface area contributed by atoms with E-state index in [4.69, 9.17) is 32.4 Å². The SMILES string of the molecule is COc1ccc(C(OC[C@H]2O[C@@H](n3ccc(NC(=O)C(C)C)nc3=O)[C@H](O[Si](C)(C)C(C)(C)C)[C@@H]2OP(OCCC#N)N(C(C)C)C(C)C)(c2ccccc2)c2ccc(OC)cc2)cc1. The Balaban J connectivity index is 1.74. The minimum absolute atomic E-state index is 0.00735. The zero-order chi connectivity index (χ0) is 47.7. The maximum absolute atomic E-state index is 14.2. The molecule has 5 atom stereocenters. The lowest BCUT2D eigenvalue weighted by Gasteiger charge is -2.42. The summed E-state index contributed by atoms with van der Waals surface area (Å²) in [7, 11) is -1.26. The van der Waals surface area contributed by atoms with Gasteiger partial charge in [-0.05, 0) is 92.8 Å². The second kappa shape index (κ2) is 22.3. The molecule has 1 aliphatic heterocycles. The normalized spacial score (nSPS) is 18.6. The Labute approximate surface area is 387 Å². The largest absolute Gasteiger partial charge is 0.497 e. The number of ether oxygens (including phenoxy) is 4. The minimum atomic E-state index is -2.68. The maximum atomic E-state index is 14.2. The quantitative estimate of drug-likeness (QED) is 0.0366. The van der Waals surface area contributed by atoms with Crippen LogP contribution in [-0.4, -0.2) is 86.3 Å². The first-order valence-corrected chi connectivity index (χ1v) is 26.3. The topological polar surface area (TPSA) is 156 Å². The first kappa shape index (κ1) is 51.5. The number of hydrogen-bond donors (Lipinski definition) is 1. The number of anilines is 1. The summed E-state index contributed by atoms with van der Waals surface area (Å²) in [4.78, 5) is 31.1. The van der Waals surface area contributed by atoms with Crippen LogP contribution >= 0.6 is 8.53 Å². The van der Waals surface area contributed by atoms with E-state index in [2.05, 4.69) is 82.6 Å². The van der Waals surface area contributed by atoms with E-state index >= 15 is 0 Å². The third-order valence-corrected chi connectivity index (χ3v) is 18.5. The predicted molar refractivity (Wildman–Crippen MR) is 256 cm³/mol. The molecule has 1 unspecified atom stereocenters. The second-order valence-electron chi connectivity index (χ2n) is 18.5. The molecule has 0 aliphatic carbocycles. The Morgan fingerprint density at radius 1 is 0.877 bits per heavy atom. The van der Waals surface area contributed by atoms with Gasteiger partial charge in [0.25, 0.3) is 8.53 Å². The van der Waals surface area contributed by atoms with Crippen LogP contribution in [0.3, 0.4) is 0 Å². The van der Waals surface area contributed by atoms with Crippen LogP contribution in [-0.2, 0) is 33.3 Å². The average Bonchev–Trinajstić information content (AvgIpc) is 3.58. The fraction of sp³-hybridized carbons (Fsp3) is 0.510. The molecule has 352 valence electrons. The number of nitrogens with one attached hydrogen (secondary N) is 1. The molecule has 2 heterocycles. The van der Waals surface area contributed by atoms with Crippen LogP contribution in [0.15, 0.2) is 95.9 Å². The highest BCUT2D eigenvalue weighted by Crippen LogP contribution is 2.52. The standard InChI is InChI=1S/C49H68N5O9PSi/c1-33(2)45(55)51-42-28-30-53(47(56)52-42)46-44(63-65(12,13)48(7,8)9)43(62-64(60-31-17-29-50)54(34(3)4)35(5)6)41(61-46)32-59-49(36-18-15-14-16-19-36,37-20-24-39(57-10)25-21-37)38-22-26-40(58-11)27-23-38/h14-16,18-28,30,33-35,41,43-44,46H,17,31-32H2,1-13H3,(H,51,52,55,56)/t41-,43-,44-,46-,64?/m1/s1. The summed E-state index contributed by atoms with van der Waals surface area (Å²) in [5.74, 6) is 0.911. The molecule has 0 spiro atoms. The number of benzene rings is 3. The van der Waals surface area contributed by atoms with Gasteiger partial charge < -0.3 is 37.7 Å². The molecule has 1 fully saturated rings. The van der Waals surface area contributed by atoms with Gasteiger partial charge in [0.1, 0.15) is 41.2 Å². The Bertz CT molecular complexity index is 2190. The van der Waals surface area contributed by atoms with Gasteiger partial charge in [-0.25, -0.2) is 9.46 Å². The molecule has 1 aliphatic rings. The molecule has 4 aromatic rings. The zero-order valence-corrected chi connectivity index (χ0v) is 42.1. The van der Waals surface area contributed by atoms with Crippen LogP contribution in [0.1, 0.15) is 91.7 Å². The fourth-order valence-electron chi connectivity index (χ4n) is 7.46. The molecule has 1 saturated heterocycles. The summed E-state index contributed by atoms with van der Waals surface area (Å²) in [6.45, 7) is 22.7. The first-order chi connectivity index (χ1) is 30.8. The highest BCUT2D eigenvalue weighted by molar-refractivity contribution is 7.44. The van der Waals surface area contributed by atoms with Crippen LogP contribution in [0.4, 0.5) is 5.82 Å². The van der Waals surface area contributed by atoms with E-state index in [0.717, 1.165) is 16.7 Å². The third-order valence-electron chi connectivity index (χ3n) is 11.9. The lowest BCUT2D eigenvalue weighted by molar-refractivity contribution is -0.118. The van der Waals surface area contributed by atoms with Gasteiger partial charge in [0.05, 0.1) is 39.9 Å². The molecule has 0 saturated carbocycles. The van der Waals surface area contributed by atoms with Gasteiger partial charge in [-0.3, -0.25) is 9.36 Å². The van der Waals surface area contributed by atoms with E-state index in [1.54, 1.807) is 40.3 Å². The molecule has 1 aromatic heterocycles. The number of rotatable bonds is 21. The van der Waals surface area contributed by atoms with E-state index in [1.807, 2.05) is 78.9 Å². The average molecular weight is 930 g/mol. The van der Waals surface area contributed by atoms with Gasteiger partial charge in [0, 0.05) is 24.2 Å². The first-order valence-electron chi connectivity index (χ1n) is 22.2. The lowest BCUT2D eigenvalue weighted by Crippen LogP contribution is -2.50.